The summed E-state index contributed by atoms with van der Waals surface area (Å²) in [4.78, 5) is 14.5. The van der Waals surface area contributed by atoms with E-state index in [4.69, 9.17) is 5.73 Å². The van der Waals surface area contributed by atoms with Crippen molar-refractivity contribution in [1.82, 2.24) is 4.90 Å². The third-order valence-electron chi connectivity index (χ3n) is 4.73. The minimum absolute atomic E-state index is 0.362. The second-order valence-corrected chi connectivity index (χ2v) is 7.17. The van der Waals surface area contributed by atoms with Crippen molar-refractivity contribution in [1.29, 1.82) is 0 Å². The predicted molar refractivity (Wildman–Crippen MR) is 85.5 cm³/mol. The van der Waals surface area contributed by atoms with Crippen LogP contribution in [0.4, 0.5) is 0 Å². The van der Waals surface area contributed by atoms with Gasteiger partial charge in [0.15, 0.2) is 0 Å². The van der Waals surface area contributed by atoms with Crippen LogP contribution in [0.15, 0.2) is 0 Å². The van der Waals surface area contributed by atoms with Crippen LogP contribution in [-0.2, 0) is 4.79 Å². The number of likely N-dealkylation sites (tertiary alicyclic amines) is 1. The molecule has 0 aromatic carbocycles. The summed E-state index contributed by atoms with van der Waals surface area (Å²) >= 11 is 0. The summed E-state index contributed by atoms with van der Waals surface area (Å²) in [5, 5.41) is 0. The van der Waals surface area contributed by atoms with Gasteiger partial charge in [-0.15, -0.1) is 0 Å². The van der Waals surface area contributed by atoms with Crippen LogP contribution >= 0.6 is 0 Å². The smallest absolute Gasteiger partial charge is 0.222 e. The highest BCUT2D eigenvalue weighted by atomic mass is 16.2. The van der Waals surface area contributed by atoms with Crippen molar-refractivity contribution in [3.8, 4) is 0 Å². The number of hydrogen-bond donors (Lipinski definition) is 1. The third kappa shape index (κ3) is 6.25. The molecule has 118 valence electrons. The summed E-state index contributed by atoms with van der Waals surface area (Å²) in [6.07, 6.45) is 8.72. The van der Waals surface area contributed by atoms with Gasteiger partial charge in [0.2, 0.25) is 5.91 Å². The lowest BCUT2D eigenvalue weighted by Crippen LogP contribution is -2.32. The quantitative estimate of drug-likeness (QED) is 0.776. The molecule has 1 fully saturated rings. The molecule has 0 spiro atoms. The maximum Gasteiger partial charge on any atom is 0.222 e. The Bertz CT molecular complexity index is 283. The molecule has 0 saturated carbocycles. The van der Waals surface area contributed by atoms with Gasteiger partial charge in [-0.05, 0) is 50.0 Å². The molecule has 0 aromatic heterocycles. The first-order valence-electron chi connectivity index (χ1n) is 8.46. The molecule has 1 unspecified atom stereocenters. The Morgan fingerprint density at radius 2 is 1.95 bits per heavy atom. The van der Waals surface area contributed by atoms with Crippen molar-refractivity contribution in [2.24, 2.45) is 17.1 Å². The van der Waals surface area contributed by atoms with Gasteiger partial charge in [-0.2, -0.15) is 0 Å². The Balaban J connectivity index is 2.37. The average molecular weight is 282 g/mol. The number of nitrogens with zero attached hydrogens (tertiary/aromatic N) is 1. The highest BCUT2D eigenvalue weighted by Gasteiger charge is 2.25. The van der Waals surface area contributed by atoms with Crippen LogP contribution in [0.5, 0.6) is 0 Å². The molecule has 3 heteroatoms. The van der Waals surface area contributed by atoms with E-state index in [0.717, 1.165) is 45.3 Å². The van der Waals surface area contributed by atoms with Gasteiger partial charge in [-0.3, -0.25) is 4.79 Å². The van der Waals surface area contributed by atoms with Gasteiger partial charge in [-0.1, -0.05) is 33.6 Å². The Hall–Kier alpha value is -0.570. The van der Waals surface area contributed by atoms with Gasteiger partial charge >= 0.3 is 0 Å². The minimum Gasteiger partial charge on any atom is -0.343 e. The minimum atomic E-state index is 0.362. The van der Waals surface area contributed by atoms with Crippen LogP contribution in [0.1, 0.15) is 72.1 Å². The first kappa shape index (κ1) is 17.5. The fourth-order valence-corrected chi connectivity index (χ4v) is 3.23. The van der Waals surface area contributed by atoms with Crippen LogP contribution in [0.2, 0.25) is 0 Å². The first-order valence-corrected chi connectivity index (χ1v) is 8.46. The molecule has 1 aliphatic rings. The highest BCUT2D eigenvalue weighted by Crippen LogP contribution is 2.30. The van der Waals surface area contributed by atoms with E-state index in [1.165, 1.54) is 19.3 Å². The molecule has 1 amide bonds. The van der Waals surface area contributed by atoms with Gasteiger partial charge in [0.25, 0.3) is 0 Å². The normalized spacial score (nSPS) is 20.5. The third-order valence-corrected chi connectivity index (χ3v) is 4.73. The molecule has 20 heavy (non-hydrogen) atoms. The van der Waals surface area contributed by atoms with Crippen molar-refractivity contribution in [3.05, 3.63) is 0 Å². The number of amides is 1. The van der Waals surface area contributed by atoms with E-state index in [9.17, 15) is 4.79 Å². The standard InChI is InChI=1S/C17H34N2O/c1-4-6-15(9-12-18)7-8-16(20)19-13-5-10-17(2,3)11-14-19/h15H,4-14,18H2,1-3H3. The molecule has 1 saturated heterocycles. The lowest BCUT2D eigenvalue weighted by atomic mass is 9.85. The van der Waals surface area contributed by atoms with E-state index in [-0.39, 0.29) is 0 Å². The topological polar surface area (TPSA) is 46.3 Å². The zero-order chi connectivity index (χ0) is 15.0. The zero-order valence-electron chi connectivity index (χ0n) is 13.8. The molecule has 0 radical (unpaired) electrons. The van der Waals surface area contributed by atoms with E-state index in [0.29, 0.717) is 23.7 Å². The Labute approximate surface area is 125 Å². The number of rotatable bonds is 7. The largest absolute Gasteiger partial charge is 0.343 e. The average Bonchev–Trinajstić information content (AvgIpc) is 2.57. The molecule has 1 rings (SSSR count). The number of nitrogens with two attached hydrogens (primary N) is 1. The van der Waals surface area contributed by atoms with Crippen LogP contribution in [0.3, 0.4) is 0 Å². The van der Waals surface area contributed by atoms with Gasteiger partial charge in [-0.25, -0.2) is 0 Å². The van der Waals surface area contributed by atoms with Crippen LogP contribution in [0.25, 0.3) is 0 Å². The molecule has 1 heterocycles. The molecule has 0 aromatic rings. The second kappa shape index (κ2) is 8.66. The SMILES string of the molecule is CCCC(CCN)CCC(=O)N1CCCC(C)(C)CC1. The molecule has 1 atom stereocenters. The lowest BCUT2D eigenvalue weighted by Gasteiger charge is -2.24. The van der Waals surface area contributed by atoms with Crippen LogP contribution in [0, 0.1) is 11.3 Å². The Morgan fingerprint density at radius 1 is 1.20 bits per heavy atom. The van der Waals surface area contributed by atoms with Gasteiger partial charge in [0.1, 0.15) is 0 Å². The van der Waals surface area contributed by atoms with E-state index in [1.807, 2.05) is 0 Å². The summed E-state index contributed by atoms with van der Waals surface area (Å²) < 4.78 is 0. The summed E-state index contributed by atoms with van der Waals surface area (Å²) in [6, 6.07) is 0. The van der Waals surface area contributed by atoms with E-state index < -0.39 is 0 Å². The van der Waals surface area contributed by atoms with Gasteiger partial charge < -0.3 is 10.6 Å². The molecular weight excluding hydrogens is 248 g/mol. The Kier molecular flexibility index (Phi) is 7.57. The molecule has 0 bridgehead atoms. The summed E-state index contributed by atoms with van der Waals surface area (Å²) in [6.45, 7) is 9.50. The molecule has 1 aliphatic heterocycles. The predicted octanol–water partition coefficient (Wildman–Crippen LogP) is 3.57. The highest BCUT2D eigenvalue weighted by molar-refractivity contribution is 5.76. The van der Waals surface area contributed by atoms with E-state index in [2.05, 4.69) is 25.7 Å². The first-order chi connectivity index (χ1) is 9.48. The van der Waals surface area contributed by atoms with Crippen molar-refractivity contribution in [2.45, 2.75) is 72.1 Å². The van der Waals surface area contributed by atoms with Crippen LogP contribution in [-0.4, -0.2) is 30.4 Å². The lowest BCUT2D eigenvalue weighted by molar-refractivity contribution is -0.131. The molecule has 0 aliphatic carbocycles. The fourth-order valence-electron chi connectivity index (χ4n) is 3.23. The molecule has 2 N–H and O–H groups in total. The number of carbonyl (C=O) groups excluding carboxylic acids is 1. The Morgan fingerprint density at radius 3 is 2.60 bits per heavy atom. The summed E-state index contributed by atoms with van der Waals surface area (Å²) in [5.41, 5.74) is 6.07. The van der Waals surface area contributed by atoms with Gasteiger partial charge in [0.05, 0.1) is 0 Å². The molecular formula is C17H34N2O. The zero-order valence-corrected chi connectivity index (χ0v) is 13.8. The number of hydrogen-bond acceptors (Lipinski definition) is 2. The summed E-state index contributed by atoms with van der Waals surface area (Å²) in [7, 11) is 0. The van der Waals surface area contributed by atoms with E-state index >= 15 is 0 Å². The molecule has 3 nitrogen and oxygen atoms in total. The van der Waals surface area contributed by atoms with E-state index in [1.54, 1.807) is 0 Å². The van der Waals surface area contributed by atoms with Gasteiger partial charge in [0, 0.05) is 19.5 Å². The van der Waals surface area contributed by atoms with Crippen LogP contribution < -0.4 is 5.73 Å². The fraction of sp³-hybridized carbons (Fsp3) is 0.941. The maximum atomic E-state index is 12.4. The van der Waals surface area contributed by atoms with Crippen molar-refractivity contribution in [2.75, 3.05) is 19.6 Å². The second-order valence-electron chi connectivity index (χ2n) is 7.17. The monoisotopic (exact) mass is 282 g/mol. The maximum absolute atomic E-state index is 12.4. The van der Waals surface area contributed by atoms with Crippen molar-refractivity contribution in [3.63, 3.8) is 0 Å². The summed E-state index contributed by atoms with van der Waals surface area (Å²) in [5.74, 6) is 0.998. The number of carbonyl (C=O) groups is 1. The van der Waals surface area contributed by atoms with Crippen molar-refractivity contribution >= 4 is 5.91 Å². The van der Waals surface area contributed by atoms with Crippen molar-refractivity contribution < 1.29 is 4.79 Å².